The van der Waals surface area contributed by atoms with Crippen LogP contribution in [0.4, 0.5) is 11.4 Å². The Balaban J connectivity index is 1.59. The van der Waals surface area contributed by atoms with Gasteiger partial charge in [0.25, 0.3) is 0 Å². The van der Waals surface area contributed by atoms with Crippen LogP contribution in [0.3, 0.4) is 0 Å². The van der Waals surface area contributed by atoms with Gasteiger partial charge in [-0.25, -0.2) is 0 Å². The van der Waals surface area contributed by atoms with Crippen LogP contribution in [0.2, 0.25) is 5.02 Å². The summed E-state index contributed by atoms with van der Waals surface area (Å²) in [5, 5.41) is 3.53. The maximum absolute atomic E-state index is 13.0. The number of fused-ring (bicyclic) bond motifs is 1. The number of nitrogens with zero attached hydrogens (tertiary/aromatic N) is 2. The van der Waals surface area contributed by atoms with Crippen molar-refractivity contribution in [2.45, 2.75) is 19.4 Å². The number of rotatable bonds is 6. The van der Waals surface area contributed by atoms with E-state index in [1.54, 1.807) is 17.0 Å². The minimum absolute atomic E-state index is 0.0505. The average Bonchev–Trinajstić information content (AvgIpc) is 2.77. The zero-order chi connectivity index (χ0) is 20.1. The second-order valence-electron chi connectivity index (χ2n) is 6.92. The van der Waals surface area contributed by atoms with Gasteiger partial charge in [-0.3, -0.25) is 14.5 Å². The highest BCUT2D eigenvalue weighted by atomic mass is 35.5. The van der Waals surface area contributed by atoms with Crippen LogP contribution >= 0.6 is 11.6 Å². The number of benzene rings is 2. The maximum atomic E-state index is 13.0. The first-order valence-electron chi connectivity index (χ1n) is 9.22. The molecule has 3 rings (SSSR count). The summed E-state index contributed by atoms with van der Waals surface area (Å²) in [6, 6.07) is 14.4. The summed E-state index contributed by atoms with van der Waals surface area (Å²) >= 11 is 5.86. The summed E-state index contributed by atoms with van der Waals surface area (Å²) in [6.45, 7) is 3.17. The van der Waals surface area contributed by atoms with E-state index in [0.29, 0.717) is 23.9 Å². The summed E-state index contributed by atoms with van der Waals surface area (Å²) in [5.74, 6) is 0.606. The third-order valence-electron chi connectivity index (χ3n) is 4.59. The number of ether oxygens (including phenoxy) is 1. The number of amides is 2. The van der Waals surface area contributed by atoms with Crippen molar-refractivity contribution in [3.8, 4) is 5.75 Å². The predicted molar refractivity (Wildman–Crippen MR) is 111 cm³/mol. The van der Waals surface area contributed by atoms with Crippen LogP contribution in [0.5, 0.6) is 5.75 Å². The molecule has 0 bridgehead atoms. The van der Waals surface area contributed by atoms with E-state index in [0.717, 1.165) is 11.4 Å². The Morgan fingerprint density at radius 1 is 1.25 bits per heavy atom. The first kappa shape index (κ1) is 20.2. The van der Waals surface area contributed by atoms with E-state index in [4.69, 9.17) is 16.3 Å². The maximum Gasteiger partial charge on any atom is 0.241 e. The number of carbonyl (C=O) groups excluding carboxylic acids is 2. The summed E-state index contributed by atoms with van der Waals surface area (Å²) in [7, 11) is 1.88. The lowest BCUT2D eigenvalue weighted by atomic mass is 10.1. The molecule has 2 aromatic carbocycles. The second-order valence-corrected chi connectivity index (χ2v) is 7.36. The van der Waals surface area contributed by atoms with Crippen LogP contribution in [0.25, 0.3) is 0 Å². The fraction of sp³-hybridized carbons (Fsp3) is 0.333. The number of hydrogen-bond acceptors (Lipinski definition) is 4. The second kappa shape index (κ2) is 9.08. The molecule has 0 aromatic heterocycles. The molecular formula is C21H24ClN3O3. The third kappa shape index (κ3) is 5.03. The van der Waals surface area contributed by atoms with Crippen molar-refractivity contribution in [3.05, 3.63) is 53.6 Å². The minimum Gasteiger partial charge on any atom is -0.492 e. The molecule has 0 spiro atoms. The molecule has 2 amide bonds. The van der Waals surface area contributed by atoms with Gasteiger partial charge in [0.05, 0.1) is 17.9 Å². The molecule has 1 heterocycles. The van der Waals surface area contributed by atoms with Gasteiger partial charge in [0.2, 0.25) is 11.8 Å². The van der Waals surface area contributed by atoms with E-state index in [1.807, 2.05) is 55.3 Å². The van der Waals surface area contributed by atoms with Crippen molar-refractivity contribution in [3.63, 3.8) is 0 Å². The van der Waals surface area contributed by atoms with Crippen molar-refractivity contribution in [1.29, 1.82) is 0 Å². The zero-order valence-electron chi connectivity index (χ0n) is 16.0. The van der Waals surface area contributed by atoms with Crippen LogP contribution in [-0.4, -0.2) is 49.5 Å². The van der Waals surface area contributed by atoms with Gasteiger partial charge in [0, 0.05) is 24.0 Å². The standard InChI is InChI=1S/C21H24ClN3O3/c1-15-13-20(26)23-18-5-3-4-6-19(18)25(15)21(27)14-24(2)11-12-28-17-9-7-16(22)8-10-17/h3-10,15H,11-14H2,1-2H3,(H,23,26)/t15-/m0/s1. The van der Waals surface area contributed by atoms with Crippen LogP contribution in [0, 0.1) is 0 Å². The Bertz CT molecular complexity index is 841. The number of likely N-dealkylation sites (N-methyl/N-ethyl adjacent to an activating group) is 1. The van der Waals surface area contributed by atoms with Gasteiger partial charge in [-0.1, -0.05) is 23.7 Å². The molecule has 1 N–H and O–H groups in total. The SMILES string of the molecule is C[C@H]1CC(=O)Nc2ccccc2N1C(=O)CN(C)CCOc1ccc(Cl)cc1. The van der Waals surface area contributed by atoms with Crippen LogP contribution < -0.4 is 15.0 Å². The smallest absolute Gasteiger partial charge is 0.241 e. The molecular weight excluding hydrogens is 378 g/mol. The van der Waals surface area contributed by atoms with E-state index in [-0.39, 0.29) is 30.8 Å². The molecule has 0 saturated carbocycles. The Labute approximate surface area is 170 Å². The fourth-order valence-electron chi connectivity index (χ4n) is 3.20. The topological polar surface area (TPSA) is 61.9 Å². The Morgan fingerprint density at radius 3 is 2.71 bits per heavy atom. The van der Waals surface area contributed by atoms with Crippen molar-refractivity contribution in [2.24, 2.45) is 0 Å². The molecule has 1 aliphatic rings. The van der Waals surface area contributed by atoms with E-state index in [1.165, 1.54) is 0 Å². The van der Waals surface area contributed by atoms with Gasteiger partial charge in [-0.05, 0) is 50.4 Å². The lowest BCUT2D eigenvalue weighted by Gasteiger charge is -2.29. The van der Waals surface area contributed by atoms with Crippen LogP contribution in [-0.2, 0) is 9.59 Å². The number of halogens is 1. The van der Waals surface area contributed by atoms with Gasteiger partial charge < -0.3 is 15.0 Å². The van der Waals surface area contributed by atoms with Gasteiger partial charge in [-0.2, -0.15) is 0 Å². The number of para-hydroxylation sites is 2. The summed E-state index contributed by atoms with van der Waals surface area (Å²) in [4.78, 5) is 28.7. The molecule has 148 valence electrons. The monoisotopic (exact) mass is 401 g/mol. The van der Waals surface area contributed by atoms with Crippen LogP contribution in [0.15, 0.2) is 48.5 Å². The summed E-state index contributed by atoms with van der Waals surface area (Å²) < 4.78 is 5.69. The van der Waals surface area contributed by atoms with Crippen molar-refractivity contribution < 1.29 is 14.3 Å². The van der Waals surface area contributed by atoms with Crippen LogP contribution in [0.1, 0.15) is 13.3 Å². The van der Waals surface area contributed by atoms with E-state index in [2.05, 4.69) is 5.32 Å². The van der Waals surface area contributed by atoms with E-state index >= 15 is 0 Å². The number of carbonyl (C=O) groups is 2. The zero-order valence-corrected chi connectivity index (χ0v) is 16.8. The molecule has 0 unspecified atom stereocenters. The number of nitrogens with one attached hydrogen (secondary N) is 1. The molecule has 2 aromatic rings. The van der Waals surface area contributed by atoms with Gasteiger partial charge in [0.15, 0.2) is 0 Å². The molecule has 1 atom stereocenters. The molecule has 0 fully saturated rings. The fourth-order valence-corrected chi connectivity index (χ4v) is 3.33. The van der Waals surface area contributed by atoms with E-state index in [9.17, 15) is 9.59 Å². The molecule has 6 nitrogen and oxygen atoms in total. The lowest BCUT2D eigenvalue weighted by molar-refractivity contribution is -0.120. The van der Waals surface area contributed by atoms with Gasteiger partial charge >= 0.3 is 0 Å². The molecule has 1 aliphatic heterocycles. The van der Waals surface area contributed by atoms with Gasteiger partial charge in [0.1, 0.15) is 12.4 Å². The minimum atomic E-state index is -0.213. The highest BCUT2D eigenvalue weighted by molar-refractivity contribution is 6.30. The van der Waals surface area contributed by atoms with Crippen molar-refractivity contribution in [1.82, 2.24) is 4.90 Å². The summed E-state index contributed by atoms with van der Waals surface area (Å²) in [6.07, 6.45) is 0.268. The number of anilines is 2. The Morgan fingerprint density at radius 2 is 1.96 bits per heavy atom. The first-order chi connectivity index (χ1) is 13.4. The number of hydrogen-bond donors (Lipinski definition) is 1. The predicted octanol–water partition coefficient (Wildman–Crippen LogP) is 3.41. The van der Waals surface area contributed by atoms with E-state index < -0.39 is 0 Å². The largest absolute Gasteiger partial charge is 0.492 e. The quantitative estimate of drug-likeness (QED) is 0.805. The lowest BCUT2D eigenvalue weighted by Crippen LogP contribution is -2.44. The average molecular weight is 402 g/mol. The highest BCUT2D eigenvalue weighted by Gasteiger charge is 2.29. The molecule has 0 radical (unpaired) electrons. The highest BCUT2D eigenvalue weighted by Crippen LogP contribution is 2.31. The molecule has 28 heavy (non-hydrogen) atoms. The molecule has 0 aliphatic carbocycles. The Kier molecular flexibility index (Phi) is 6.54. The first-order valence-corrected chi connectivity index (χ1v) is 9.59. The third-order valence-corrected chi connectivity index (χ3v) is 4.84. The molecule has 7 heteroatoms. The molecule has 0 saturated heterocycles. The summed E-state index contributed by atoms with van der Waals surface area (Å²) in [5.41, 5.74) is 1.40. The van der Waals surface area contributed by atoms with Gasteiger partial charge in [-0.15, -0.1) is 0 Å². The Hall–Kier alpha value is -2.57. The van der Waals surface area contributed by atoms with Crippen molar-refractivity contribution >= 4 is 34.8 Å². The normalized spacial score (nSPS) is 16.4. The van der Waals surface area contributed by atoms with Crippen molar-refractivity contribution in [2.75, 3.05) is 37.0 Å².